The minimum absolute atomic E-state index is 0.196. The van der Waals surface area contributed by atoms with Gasteiger partial charge in [0.1, 0.15) is 5.82 Å². The van der Waals surface area contributed by atoms with Crippen molar-refractivity contribution in [2.45, 2.75) is 25.1 Å². The van der Waals surface area contributed by atoms with Crippen molar-refractivity contribution < 1.29 is 18.0 Å². The molecule has 1 atom stereocenters. The predicted molar refractivity (Wildman–Crippen MR) is 126 cm³/mol. The second-order valence-corrected chi connectivity index (χ2v) is 8.34. The molecule has 0 radical (unpaired) electrons. The highest BCUT2D eigenvalue weighted by atomic mass is 19.4. The number of fused-ring (bicyclic) bond motifs is 1. The summed E-state index contributed by atoms with van der Waals surface area (Å²) in [6.07, 6.45) is -0.180. The molecule has 0 bridgehead atoms. The van der Waals surface area contributed by atoms with Gasteiger partial charge >= 0.3 is 6.18 Å². The van der Waals surface area contributed by atoms with Crippen molar-refractivity contribution in [3.63, 3.8) is 0 Å². The van der Waals surface area contributed by atoms with Gasteiger partial charge in [-0.3, -0.25) is 4.79 Å². The zero-order valence-electron chi connectivity index (χ0n) is 18.2. The van der Waals surface area contributed by atoms with Crippen LogP contribution in [0.25, 0.3) is 17.1 Å². The van der Waals surface area contributed by atoms with Crippen molar-refractivity contribution in [1.82, 2.24) is 9.55 Å². The number of hydrogen-bond donors (Lipinski definition) is 0. The lowest BCUT2D eigenvalue weighted by molar-refractivity contribution is -0.137. The fourth-order valence-corrected chi connectivity index (χ4v) is 4.44. The van der Waals surface area contributed by atoms with Crippen LogP contribution in [0.3, 0.4) is 0 Å². The van der Waals surface area contributed by atoms with Crippen LogP contribution in [0.4, 0.5) is 18.9 Å². The Labute approximate surface area is 195 Å². The van der Waals surface area contributed by atoms with Crippen molar-refractivity contribution in [3.8, 4) is 0 Å². The van der Waals surface area contributed by atoms with E-state index in [2.05, 4.69) is 4.57 Å². The van der Waals surface area contributed by atoms with Gasteiger partial charge in [0.15, 0.2) is 0 Å². The number of para-hydroxylation sites is 2. The van der Waals surface area contributed by atoms with Gasteiger partial charge < -0.3 is 9.47 Å². The normalized spacial score (nSPS) is 16.7. The lowest BCUT2D eigenvalue weighted by atomic mass is 10.1. The standard InChI is InChI=1S/C27H22F3N3O/c28-27(29,30)21-11-6-12-22(17-21)33-18-20(16-25(33)34)26-31-23-13-4-5-14-24(23)32(26)15-7-10-19-8-2-1-3-9-19/h1-14,17,20H,15-16,18H2/b10-7-/t20-/m0/s1. The van der Waals surface area contributed by atoms with Crippen molar-refractivity contribution in [3.05, 3.63) is 102 Å². The van der Waals surface area contributed by atoms with Gasteiger partial charge in [0.2, 0.25) is 5.91 Å². The number of imidazole rings is 1. The summed E-state index contributed by atoms with van der Waals surface area (Å²) in [7, 11) is 0. The smallest absolute Gasteiger partial charge is 0.324 e. The molecule has 1 fully saturated rings. The zero-order chi connectivity index (χ0) is 23.7. The minimum atomic E-state index is -4.46. The van der Waals surface area contributed by atoms with E-state index >= 15 is 0 Å². The Morgan fingerprint density at radius 1 is 0.971 bits per heavy atom. The first-order chi connectivity index (χ1) is 16.4. The summed E-state index contributed by atoms with van der Waals surface area (Å²) < 4.78 is 41.6. The number of amides is 1. The summed E-state index contributed by atoms with van der Waals surface area (Å²) in [5.41, 5.74) is 2.37. The van der Waals surface area contributed by atoms with Crippen molar-refractivity contribution in [2.75, 3.05) is 11.4 Å². The third kappa shape index (κ3) is 4.33. The van der Waals surface area contributed by atoms with E-state index in [1.54, 1.807) is 6.07 Å². The van der Waals surface area contributed by atoms with Gasteiger partial charge in [-0.15, -0.1) is 0 Å². The van der Waals surface area contributed by atoms with Gasteiger partial charge in [-0.05, 0) is 35.9 Å². The number of benzene rings is 3. The molecule has 172 valence electrons. The summed E-state index contributed by atoms with van der Waals surface area (Å²) in [5.74, 6) is 0.337. The number of hydrogen-bond acceptors (Lipinski definition) is 2. The molecule has 0 aliphatic carbocycles. The Hall–Kier alpha value is -3.87. The van der Waals surface area contributed by atoms with Gasteiger partial charge in [-0.2, -0.15) is 13.2 Å². The number of halogens is 3. The van der Waals surface area contributed by atoms with Gasteiger partial charge in [-0.25, -0.2) is 4.98 Å². The van der Waals surface area contributed by atoms with Crippen LogP contribution in [-0.2, 0) is 17.5 Å². The summed E-state index contributed by atoms with van der Waals surface area (Å²) in [6.45, 7) is 0.852. The summed E-state index contributed by atoms with van der Waals surface area (Å²) in [4.78, 5) is 19.1. The van der Waals surface area contributed by atoms with E-state index in [4.69, 9.17) is 4.98 Å². The molecule has 1 aliphatic heterocycles. The summed E-state index contributed by atoms with van der Waals surface area (Å²) >= 11 is 0. The molecule has 0 spiro atoms. The Morgan fingerprint density at radius 3 is 2.53 bits per heavy atom. The second kappa shape index (κ2) is 8.82. The van der Waals surface area contributed by atoms with E-state index in [0.717, 1.165) is 34.6 Å². The van der Waals surface area contributed by atoms with Gasteiger partial charge in [0, 0.05) is 31.1 Å². The molecule has 5 rings (SSSR count). The maximum absolute atomic E-state index is 13.2. The fourth-order valence-electron chi connectivity index (χ4n) is 4.44. The first-order valence-electron chi connectivity index (χ1n) is 11.0. The topological polar surface area (TPSA) is 38.1 Å². The predicted octanol–water partition coefficient (Wildman–Crippen LogP) is 6.29. The molecular formula is C27H22F3N3O. The number of rotatable bonds is 5. The Balaban J connectivity index is 1.45. The van der Waals surface area contributed by atoms with Crippen LogP contribution in [0.15, 0.2) is 84.9 Å². The summed E-state index contributed by atoms with van der Waals surface area (Å²) in [5, 5.41) is 0. The van der Waals surface area contributed by atoms with E-state index in [1.165, 1.54) is 11.0 Å². The molecular weight excluding hydrogens is 439 g/mol. The number of anilines is 1. The molecule has 4 aromatic rings. The Morgan fingerprint density at radius 2 is 1.74 bits per heavy atom. The van der Waals surface area contributed by atoms with Gasteiger partial charge in [0.25, 0.3) is 0 Å². The minimum Gasteiger partial charge on any atom is -0.324 e. The maximum Gasteiger partial charge on any atom is 0.416 e. The monoisotopic (exact) mass is 461 g/mol. The Kier molecular flexibility index (Phi) is 5.69. The molecule has 1 saturated heterocycles. The largest absolute Gasteiger partial charge is 0.416 e. The first-order valence-corrected chi connectivity index (χ1v) is 11.0. The molecule has 0 N–H and O–H groups in total. The highest BCUT2D eigenvalue weighted by molar-refractivity contribution is 5.96. The number of allylic oxidation sites excluding steroid dienone is 1. The number of carbonyl (C=O) groups excluding carboxylic acids is 1. The van der Waals surface area contributed by atoms with Crippen molar-refractivity contribution >= 4 is 28.7 Å². The first kappa shape index (κ1) is 21.9. The van der Waals surface area contributed by atoms with Gasteiger partial charge in [-0.1, -0.05) is 60.7 Å². The van der Waals surface area contributed by atoms with E-state index in [0.29, 0.717) is 6.54 Å². The van der Waals surface area contributed by atoms with Crippen molar-refractivity contribution in [2.24, 2.45) is 0 Å². The third-order valence-corrected chi connectivity index (χ3v) is 6.06. The molecule has 2 heterocycles. The quantitative estimate of drug-likeness (QED) is 0.350. The van der Waals surface area contributed by atoms with Gasteiger partial charge in [0.05, 0.1) is 16.6 Å². The average molecular weight is 461 g/mol. The van der Waals surface area contributed by atoms with Crippen LogP contribution in [-0.4, -0.2) is 22.0 Å². The summed E-state index contributed by atoms with van der Waals surface area (Å²) in [6, 6.07) is 22.7. The van der Waals surface area contributed by atoms with Crippen LogP contribution in [0, 0.1) is 0 Å². The van der Waals surface area contributed by atoms with Crippen LogP contribution in [0.5, 0.6) is 0 Å². The highest BCUT2D eigenvalue weighted by Crippen LogP contribution is 2.36. The van der Waals surface area contributed by atoms with Crippen LogP contribution < -0.4 is 4.90 Å². The Bertz CT molecular complexity index is 1360. The lowest BCUT2D eigenvalue weighted by Crippen LogP contribution is -2.25. The SMILES string of the molecule is O=C1C[C@H](c2nc3ccccc3n2C/C=C\c2ccccc2)CN1c1cccc(C(F)(F)F)c1. The molecule has 0 saturated carbocycles. The number of carbonyl (C=O) groups is 1. The average Bonchev–Trinajstić information content (AvgIpc) is 3.40. The maximum atomic E-state index is 13.2. The van der Waals surface area contributed by atoms with Crippen molar-refractivity contribution in [1.29, 1.82) is 0 Å². The van der Waals surface area contributed by atoms with Crippen LogP contribution >= 0.6 is 0 Å². The van der Waals surface area contributed by atoms with Crippen LogP contribution in [0.2, 0.25) is 0 Å². The van der Waals surface area contributed by atoms with E-state index in [9.17, 15) is 18.0 Å². The van der Waals surface area contributed by atoms with Crippen LogP contribution in [0.1, 0.15) is 29.3 Å². The highest BCUT2D eigenvalue weighted by Gasteiger charge is 2.36. The van der Waals surface area contributed by atoms with E-state index in [-0.39, 0.29) is 30.5 Å². The fraction of sp³-hybridized carbons (Fsp3) is 0.185. The zero-order valence-corrected chi connectivity index (χ0v) is 18.2. The molecule has 7 heteroatoms. The molecule has 4 nitrogen and oxygen atoms in total. The molecule has 1 amide bonds. The molecule has 1 aliphatic rings. The molecule has 3 aromatic carbocycles. The third-order valence-electron chi connectivity index (χ3n) is 6.06. The van der Waals surface area contributed by atoms with E-state index in [1.807, 2.05) is 66.7 Å². The lowest BCUT2D eigenvalue weighted by Gasteiger charge is -2.18. The molecule has 0 unspecified atom stereocenters. The number of nitrogens with zero attached hydrogens (tertiary/aromatic N) is 3. The second-order valence-electron chi connectivity index (χ2n) is 8.34. The molecule has 34 heavy (non-hydrogen) atoms. The number of alkyl halides is 3. The molecule has 1 aromatic heterocycles. The van der Waals surface area contributed by atoms with E-state index < -0.39 is 11.7 Å². The number of aromatic nitrogens is 2.